The molecule has 0 heterocycles. The molecule has 0 spiro atoms. The first-order valence-electron chi connectivity index (χ1n) is 6.33. The van der Waals surface area contributed by atoms with Crippen molar-refractivity contribution in [3.8, 4) is 5.75 Å². The predicted molar refractivity (Wildman–Crippen MR) is 76.9 cm³/mol. The molecule has 1 aromatic carbocycles. The Morgan fingerprint density at radius 3 is 2.71 bits per heavy atom. The van der Waals surface area contributed by atoms with Crippen molar-refractivity contribution in [1.29, 1.82) is 0 Å². The summed E-state index contributed by atoms with van der Waals surface area (Å²) in [7, 11) is 0. The summed E-state index contributed by atoms with van der Waals surface area (Å²) in [4.78, 5) is 1.14. The van der Waals surface area contributed by atoms with Gasteiger partial charge in [0.2, 0.25) is 0 Å². The van der Waals surface area contributed by atoms with Crippen LogP contribution in [0.15, 0.2) is 23.1 Å². The summed E-state index contributed by atoms with van der Waals surface area (Å²) in [5, 5.41) is 0. The monoisotopic (exact) mass is 253 g/mol. The van der Waals surface area contributed by atoms with Crippen LogP contribution in [0.4, 0.5) is 5.69 Å². The van der Waals surface area contributed by atoms with Gasteiger partial charge in [-0.15, -0.1) is 11.8 Å². The van der Waals surface area contributed by atoms with Crippen molar-refractivity contribution < 1.29 is 4.74 Å². The Morgan fingerprint density at radius 2 is 2.06 bits per heavy atom. The SMILES string of the molecule is CCCCCSc1cccc(OC(C)C)c1N. The second kappa shape index (κ2) is 7.49. The molecule has 0 aliphatic heterocycles. The fraction of sp³-hybridized carbons (Fsp3) is 0.571. The Morgan fingerprint density at radius 1 is 1.29 bits per heavy atom. The predicted octanol–water partition coefficient (Wildman–Crippen LogP) is 4.34. The number of benzene rings is 1. The number of para-hydroxylation sites is 1. The lowest BCUT2D eigenvalue weighted by molar-refractivity contribution is 0.243. The zero-order chi connectivity index (χ0) is 12.7. The average molecular weight is 253 g/mol. The van der Waals surface area contributed by atoms with Gasteiger partial charge in [-0.3, -0.25) is 0 Å². The molecule has 0 amide bonds. The van der Waals surface area contributed by atoms with Gasteiger partial charge >= 0.3 is 0 Å². The standard InChI is InChI=1S/C14H23NOS/c1-4-5-6-10-17-13-9-7-8-12(14(13)15)16-11(2)3/h7-9,11H,4-6,10,15H2,1-3H3. The molecular weight excluding hydrogens is 230 g/mol. The molecule has 1 aromatic rings. The third-order valence-corrected chi connectivity index (χ3v) is 3.55. The van der Waals surface area contributed by atoms with E-state index in [-0.39, 0.29) is 6.10 Å². The number of nitrogens with two attached hydrogens (primary N) is 1. The van der Waals surface area contributed by atoms with E-state index in [1.807, 2.05) is 37.7 Å². The van der Waals surface area contributed by atoms with Gasteiger partial charge in [-0.1, -0.05) is 25.8 Å². The second-order valence-corrected chi connectivity index (χ2v) is 5.53. The second-order valence-electron chi connectivity index (χ2n) is 4.39. The summed E-state index contributed by atoms with van der Waals surface area (Å²) in [6.07, 6.45) is 3.95. The topological polar surface area (TPSA) is 35.2 Å². The van der Waals surface area contributed by atoms with Gasteiger partial charge in [0.15, 0.2) is 0 Å². The number of anilines is 1. The van der Waals surface area contributed by atoms with Crippen LogP contribution in [0.1, 0.15) is 40.0 Å². The lowest BCUT2D eigenvalue weighted by Crippen LogP contribution is -2.07. The smallest absolute Gasteiger partial charge is 0.143 e. The minimum Gasteiger partial charge on any atom is -0.489 e. The van der Waals surface area contributed by atoms with E-state index in [2.05, 4.69) is 13.0 Å². The van der Waals surface area contributed by atoms with Crippen LogP contribution in [0, 0.1) is 0 Å². The molecule has 0 radical (unpaired) electrons. The van der Waals surface area contributed by atoms with Crippen LogP contribution in [0.25, 0.3) is 0 Å². The van der Waals surface area contributed by atoms with E-state index in [1.165, 1.54) is 19.3 Å². The summed E-state index contributed by atoms with van der Waals surface area (Å²) in [5.74, 6) is 1.93. The van der Waals surface area contributed by atoms with Crippen LogP contribution in [0.5, 0.6) is 5.75 Å². The molecule has 0 fully saturated rings. The zero-order valence-corrected chi connectivity index (χ0v) is 11.8. The first-order chi connectivity index (χ1) is 8.15. The molecule has 96 valence electrons. The molecule has 0 atom stereocenters. The first kappa shape index (κ1) is 14.2. The van der Waals surface area contributed by atoms with Crippen molar-refractivity contribution in [3.05, 3.63) is 18.2 Å². The highest BCUT2D eigenvalue weighted by Crippen LogP contribution is 2.33. The molecule has 0 aliphatic carbocycles. The quantitative estimate of drug-likeness (QED) is 0.446. The number of hydrogen-bond donors (Lipinski definition) is 1. The number of rotatable bonds is 7. The molecule has 2 N–H and O–H groups in total. The summed E-state index contributed by atoms with van der Waals surface area (Å²) in [6.45, 7) is 6.25. The molecule has 0 bridgehead atoms. The highest BCUT2D eigenvalue weighted by Gasteiger charge is 2.07. The Bertz CT molecular complexity index is 339. The number of thioether (sulfide) groups is 1. The summed E-state index contributed by atoms with van der Waals surface area (Å²) in [6, 6.07) is 6.01. The van der Waals surface area contributed by atoms with Gasteiger partial charge in [-0.25, -0.2) is 0 Å². The molecule has 0 aromatic heterocycles. The first-order valence-corrected chi connectivity index (χ1v) is 7.31. The van der Waals surface area contributed by atoms with Gasteiger partial charge in [0.25, 0.3) is 0 Å². The zero-order valence-electron chi connectivity index (χ0n) is 11.0. The molecule has 2 nitrogen and oxygen atoms in total. The normalized spacial score (nSPS) is 10.8. The van der Waals surface area contributed by atoms with Gasteiger partial charge in [-0.05, 0) is 38.2 Å². The average Bonchev–Trinajstić information content (AvgIpc) is 2.28. The lowest BCUT2D eigenvalue weighted by Gasteiger charge is -2.14. The van der Waals surface area contributed by atoms with E-state index in [0.29, 0.717) is 0 Å². The summed E-state index contributed by atoms with van der Waals surface area (Å²) in [5.41, 5.74) is 6.88. The Labute approximate surface area is 109 Å². The van der Waals surface area contributed by atoms with Crippen molar-refractivity contribution in [2.75, 3.05) is 11.5 Å². The van der Waals surface area contributed by atoms with Crippen LogP contribution in [-0.4, -0.2) is 11.9 Å². The van der Waals surface area contributed by atoms with Gasteiger partial charge < -0.3 is 10.5 Å². The summed E-state index contributed by atoms with van der Waals surface area (Å²) < 4.78 is 5.67. The molecule has 3 heteroatoms. The molecule has 0 unspecified atom stereocenters. The van der Waals surface area contributed by atoms with Crippen molar-refractivity contribution in [2.45, 2.75) is 51.0 Å². The fourth-order valence-electron chi connectivity index (χ4n) is 1.54. The third-order valence-electron chi connectivity index (χ3n) is 2.39. The van der Waals surface area contributed by atoms with E-state index in [1.54, 1.807) is 0 Å². The number of ether oxygens (including phenoxy) is 1. The fourth-order valence-corrected chi connectivity index (χ4v) is 2.54. The molecular formula is C14H23NOS. The Hall–Kier alpha value is -0.830. The van der Waals surface area contributed by atoms with Crippen LogP contribution >= 0.6 is 11.8 Å². The lowest BCUT2D eigenvalue weighted by atomic mass is 10.3. The number of hydrogen-bond acceptors (Lipinski definition) is 3. The van der Waals surface area contributed by atoms with Gasteiger partial charge in [-0.2, -0.15) is 0 Å². The van der Waals surface area contributed by atoms with Gasteiger partial charge in [0.1, 0.15) is 5.75 Å². The molecule has 0 saturated heterocycles. The highest BCUT2D eigenvalue weighted by molar-refractivity contribution is 7.99. The number of nitrogen functional groups attached to an aromatic ring is 1. The van der Waals surface area contributed by atoms with E-state index < -0.39 is 0 Å². The molecule has 1 rings (SSSR count). The van der Waals surface area contributed by atoms with Crippen molar-refractivity contribution in [3.63, 3.8) is 0 Å². The summed E-state index contributed by atoms with van der Waals surface area (Å²) >= 11 is 1.82. The third kappa shape index (κ3) is 4.90. The molecule has 0 aliphatic rings. The van der Waals surface area contributed by atoms with Crippen molar-refractivity contribution in [1.82, 2.24) is 0 Å². The van der Waals surface area contributed by atoms with E-state index in [4.69, 9.17) is 10.5 Å². The van der Waals surface area contributed by atoms with Crippen molar-refractivity contribution >= 4 is 17.4 Å². The molecule has 17 heavy (non-hydrogen) atoms. The molecule has 0 saturated carbocycles. The van der Waals surface area contributed by atoms with Crippen molar-refractivity contribution in [2.24, 2.45) is 0 Å². The van der Waals surface area contributed by atoms with E-state index >= 15 is 0 Å². The van der Waals surface area contributed by atoms with Gasteiger partial charge in [0.05, 0.1) is 11.8 Å². The van der Waals surface area contributed by atoms with Crippen LogP contribution in [0.3, 0.4) is 0 Å². The number of unbranched alkanes of at least 4 members (excludes halogenated alkanes) is 2. The Balaban J connectivity index is 2.59. The minimum atomic E-state index is 0.164. The van der Waals surface area contributed by atoms with E-state index in [9.17, 15) is 0 Å². The van der Waals surface area contributed by atoms with Crippen LogP contribution in [-0.2, 0) is 0 Å². The largest absolute Gasteiger partial charge is 0.489 e. The maximum absolute atomic E-state index is 6.10. The highest BCUT2D eigenvalue weighted by atomic mass is 32.2. The maximum Gasteiger partial charge on any atom is 0.143 e. The van der Waals surface area contributed by atoms with Gasteiger partial charge in [0, 0.05) is 4.90 Å². The minimum absolute atomic E-state index is 0.164. The van der Waals surface area contributed by atoms with Crippen LogP contribution < -0.4 is 10.5 Å². The van der Waals surface area contributed by atoms with Crippen LogP contribution in [0.2, 0.25) is 0 Å². The maximum atomic E-state index is 6.10. The Kier molecular flexibility index (Phi) is 6.27. The van der Waals surface area contributed by atoms with E-state index in [0.717, 1.165) is 22.1 Å².